The molecule has 0 atom stereocenters. The summed E-state index contributed by atoms with van der Waals surface area (Å²) in [6, 6.07) is 0. The molecule has 0 radical (unpaired) electrons. The molecule has 0 fully saturated rings. The third kappa shape index (κ3) is 2.32. The number of nitrogen functional groups attached to an aromatic ring is 1. The highest BCUT2D eigenvalue weighted by atomic mass is 79.9. The quantitative estimate of drug-likeness (QED) is 0.780. The van der Waals surface area contributed by atoms with Crippen LogP contribution in [0.3, 0.4) is 0 Å². The molecule has 4 N–H and O–H groups in total. The van der Waals surface area contributed by atoms with Crippen LogP contribution in [0.5, 0.6) is 0 Å². The number of anilines is 2. The van der Waals surface area contributed by atoms with E-state index in [1.54, 1.807) is 11.9 Å². The summed E-state index contributed by atoms with van der Waals surface area (Å²) in [6.45, 7) is 0.0784. The lowest BCUT2D eigenvalue weighted by Crippen LogP contribution is -2.31. The predicted molar refractivity (Wildman–Crippen MR) is 56.6 cm³/mol. The molecule has 1 rings (SSSR count). The molecule has 0 saturated heterocycles. The van der Waals surface area contributed by atoms with Gasteiger partial charge >= 0.3 is 0 Å². The van der Waals surface area contributed by atoms with Crippen LogP contribution in [0.15, 0.2) is 10.8 Å². The summed E-state index contributed by atoms with van der Waals surface area (Å²) in [6.07, 6.45) is 1.33. The number of amides is 1. The zero-order valence-corrected chi connectivity index (χ0v) is 9.15. The van der Waals surface area contributed by atoms with Crippen LogP contribution in [-0.4, -0.2) is 29.5 Å². The summed E-state index contributed by atoms with van der Waals surface area (Å²) < 4.78 is 0.559. The lowest BCUT2D eigenvalue weighted by atomic mass is 10.4. The maximum absolute atomic E-state index is 10.7. The van der Waals surface area contributed by atoms with Crippen LogP contribution in [0, 0.1) is 0 Å². The number of primary amides is 1. The Hall–Kier alpha value is -1.37. The molecule has 1 amide bonds. The minimum atomic E-state index is -0.434. The number of hydrogen-bond donors (Lipinski definition) is 2. The van der Waals surface area contributed by atoms with Gasteiger partial charge < -0.3 is 16.4 Å². The van der Waals surface area contributed by atoms with Crippen molar-refractivity contribution >= 4 is 33.5 Å². The number of hydrogen-bond acceptors (Lipinski definition) is 5. The first-order chi connectivity index (χ1) is 6.52. The molecule has 0 aliphatic rings. The average Bonchev–Trinajstić information content (AvgIpc) is 2.08. The number of rotatable bonds is 3. The Morgan fingerprint density at radius 3 is 2.86 bits per heavy atom. The van der Waals surface area contributed by atoms with E-state index in [1.165, 1.54) is 6.33 Å². The van der Waals surface area contributed by atoms with Crippen LogP contribution in [0.1, 0.15) is 0 Å². The van der Waals surface area contributed by atoms with E-state index >= 15 is 0 Å². The third-order valence-corrected chi connectivity index (χ3v) is 2.31. The average molecular weight is 260 g/mol. The Balaban J connectivity index is 2.95. The lowest BCUT2D eigenvalue weighted by molar-refractivity contribution is -0.116. The molecule has 0 aromatic carbocycles. The first-order valence-corrected chi connectivity index (χ1v) is 4.57. The topological polar surface area (TPSA) is 98.1 Å². The molecule has 0 aliphatic heterocycles. The minimum Gasteiger partial charge on any atom is -0.383 e. The Morgan fingerprint density at radius 2 is 2.29 bits per heavy atom. The van der Waals surface area contributed by atoms with E-state index < -0.39 is 5.91 Å². The second kappa shape index (κ2) is 4.23. The first kappa shape index (κ1) is 10.7. The van der Waals surface area contributed by atoms with Gasteiger partial charge in [0, 0.05) is 7.05 Å². The highest BCUT2D eigenvalue weighted by Crippen LogP contribution is 2.26. The molecule has 1 aromatic heterocycles. The van der Waals surface area contributed by atoms with E-state index in [9.17, 15) is 4.79 Å². The smallest absolute Gasteiger partial charge is 0.236 e. The highest BCUT2D eigenvalue weighted by molar-refractivity contribution is 9.10. The second-order valence-corrected chi connectivity index (χ2v) is 3.51. The van der Waals surface area contributed by atoms with Crippen LogP contribution in [0.25, 0.3) is 0 Å². The summed E-state index contributed by atoms with van der Waals surface area (Å²) >= 11 is 3.23. The van der Waals surface area contributed by atoms with Crippen molar-refractivity contribution < 1.29 is 4.79 Å². The van der Waals surface area contributed by atoms with E-state index in [4.69, 9.17) is 11.5 Å². The summed E-state index contributed by atoms with van der Waals surface area (Å²) in [5.41, 5.74) is 10.6. The summed E-state index contributed by atoms with van der Waals surface area (Å²) in [5, 5.41) is 0. The van der Waals surface area contributed by atoms with E-state index in [0.717, 1.165) is 0 Å². The zero-order valence-electron chi connectivity index (χ0n) is 7.57. The van der Waals surface area contributed by atoms with E-state index in [1.807, 2.05) is 0 Å². The molecular weight excluding hydrogens is 250 g/mol. The molecule has 1 aromatic rings. The minimum absolute atomic E-state index is 0.0784. The third-order valence-electron chi connectivity index (χ3n) is 1.55. The molecule has 0 saturated carbocycles. The van der Waals surface area contributed by atoms with Gasteiger partial charge in [-0.3, -0.25) is 4.79 Å². The van der Waals surface area contributed by atoms with Crippen molar-refractivity contribution in [2.45, 2.75) is 0 Å². The van der Waals surface area contributed by atoms with Gasteiger partial charge in [-0.05, 0) is 15.9 Å². The fourth-order valence-corrected chi connectivity index (χ4v) is 1.46. The van der Waals surface area contributed by atoms with Crippen LogP contribution in [0.2, 0.25) is 0 Å². The molecule has 76 valence electrons. The molecule has 0 unspecified atom stereocenters. The van der Waals surface area contributed by atoms with Gasteiger partial charge in [-0.2, -0.15) is 0 Å². The SMILES string of the molecule is CN(CC(N)=O)c1ncnc(N)c1Br. The molecule has 6 nitrogen and oxygen atoms in total. The molecule has 7 heteroatoms. The van der Waals surface area contributed by atoms with Crippen molar-refractivity contribution in [2.75, 3.05) is 24.2 Å². The molecule has 1 heterocycles. The van der Waals surface area contributed by atoms with Crippen molar-refractivity contribution in [2.24, 2.45) is 5.73 Å². The molecule has 0 spiro atoms. The van der Waals surface area contributed by atoms with Gasteiger partial charge in [0.1, 0.15) is 22.4 Å². The highest BCUT2D eigenvalue weighted by Gasteiger charge is 2.11. The van der Waals surface area contributed by atoms with Crippen LogP contribution in [0.4, 0.5) is 11.6 Å². The van der Waals surface area contributed by atoms with Crippen LogP contribution >= 0.6 is 15.9 Å². The van der Waals surface area contributed by atoms with Gasteiger partial charge in [0.05, 0.1) is 6.54 Å². The van der Waals surface area contributed by atoms with Gasteiger partial charge in [0.2, 0.25) is 5.91 Å². The number of likely N-dealkylation sites (N-methyl/N-ethyl adjacent to an activating group) is 1. The number of nitrogens with two attached hydrogens (primary N) is 2. The molecule has 0 bridgehead atoms. The zero-order chi connectivity index (χ0) is 10.7. The van der Waals surface area contributed by atoms with Gasteiger partial charge in [0.25, 0.3) is 0 Å². The Kier molecular flexibility index (Phi) is 3.23. The molecule has 0 aliphatic carbocycles. The largest absolute Gasteiger partial charge is 0.383 e. The Morgan fingerprint density at radius 1 is 1.64 bits per heavy atom. The van der Waals surface area contributed by atoms with Crippen LogP contribution in [-0.2, 0) is 4.79 Å². The Labute approximate surface area is 89.4 Å². The maximum Gasteiger partial charge on any atom is 0.236 e. The monoisotopic (exact) mass is 259 g/mol. The number of halogens is 1. The van der Waals surface area contributed by atoms with Crippen molar-refractivity contribution in [3.63, 3.8) is 0 Å². The summed E-state index contributed by atoms with van der Waals surface area (Å²) in [4.78, 5) is 20.0. The summed E-state index contributed by atoms with van der Waals surface area (Å²) in [7, 11) is 1.69. The van der Waals surface area contributed by atoms with Gasteiger partial charge in [-0.25, -0.2) is 9.97 Å². The second-order valence-electron chi connectivity index (χ2n) is 2.72. The van der Waals surface area contributed by atoms with Crippen molar-refractivity contribution in [3.8, 4) is 0 Å². The lowest BCUT2D eigenvalue weighted by Gasteiger charge is -2.17. The Bertz CT molecular complexity index is 356. The fourth-order valence-electron chi connectivity index (χ4n) is 0.948. The van der Waals surface area contributed by atoms with E-state index in [0.29, 0.717) is 16.1 Å². The molecule has 14 heavy (non-hydrogen) atoms. The first-order valence-electron chi connectivity index (χ1n) is 3.77. The fraction of sp³-hybridized carbons (Fsp3) is 0.286. The standard InChI is InChI=1S/C7H10BrN5O/c1-13(2-4(9)14)7-5(8)6(10)11-3-12-7/h3H,2H2,1H3,(H2,9,14)(H2,10,11,12). The van der Waals surface area contributed by atoms with E-state index in [-0.39, 0.29) is 6.54 Å². The number of aromatic nitrogens is 2. The normalized spacial score (nSPS) is 9.86. The maximum atomic E-state index is 10.7. The van der Waals surface area contributed by atoms with Crippen molar-refractivity contribution in [3.05, 3.63) is 10.8 Å². The molecular formula is C7H10BrN5O. The predicted octanol–water partition coefficient (Wildman–Crippen LogP) is -0.257. The van der Waals surface area contributed by atoms with Crippen molar-refractivity contribution in [1.29, 1.82) is 0 Å². The van der Waals surface area contributed by atoms with Gasteiger partial charge in [-0.1, -0.05) is 0 Å². The van der Waals surface area contributed by atoms with Crippen molar-refractivity contribution in [1.82, 2.24) is 9.97 Å². The van der Waals surface area contributed by atoms with Gasteiger partial charge in [-0.15, -0.1) is 0 Å². The van der Waals surface area contributed by atoms with Gasteiger partial charge in [0.15, 0.2) is 0 Å². The number of carbonyl (C=O) groups excluding carboxylic acids is 1. The van der Waals surface area contributed by atoms with Crippen LogP contribution < -0.4 is 16.4 Å². The van der Waals surface area contributed by atoms with E-state index in [2.05, 4.69) is 25.9 Å². The number of carbonyl (C=O) groups is 1. The number of nitrogens with zero attached hydrogens (tertiary/aromatic N) is 3. The summed E-state index contributed by atoms with van der Waals surface area (Å²) in [5.74, 6) is 0.430.